The molecule has 2 fully saturated rings. The zero-order chi connectivity index (χ0) is 22.6. The van der Waals surface area contributed by atoms with Crippen molar-refractivity contribution in [1.82, 2.24) is 14.8 Å². The van der Waals surface area contributed by atoms with Gasteiger partial charge in [0.2, 0.25) is 0 Å². The minimum Gasteiger partial charge on any atom is -0.364 e. The third kappa shape index (κ3) is 4.10. The molecule has 2 aliphatic carbocycles. The van der Waals surface area contributed by atoms with Gasteiger partial charge in [0.15, 0.2) is 0 Å². The Labute approximate surface area is 172 Å². The van der Waals surface area contributed by atoms with Crippen LogP contribution in [0, 0.1) is 5.92 Å². The van der Waals surface area contributed by atoms with Gasteiger partial charge < -0.3 is 11.1 Å². The van der Waals surface area contributed by atoms with E-state index in [4.69, 9.17) is 5.73 Å². The maximum atomic E-state index is 13.9. The van der Waals surface area contributed by atoms with Crippen LogP contribution in [-0.2, 0) is 12.7 Å². The molecule has 166 valence electrons. The van der Waals surface area contributed by atoms with Gasteiger partial charge in [0.1, 0.15) is 17.0 Å². The zero-order valence-electron chi connectivity index (χ0n) is 16.0. The van der Waals surface area contributed by atoms with E-state index in [1.54, 1.807) is 0 Å². The molecule has 7 nitrogen and oxygen atoms in total. The maximum absolute atomic E-state index is 13.9. The molecule has 4 rings (SSSR count). The first-order valence-electron chi connectivity index (χ1n) is 9.60. The number of nitrogens with one attached hydrogen (secondary N) is 1. The van der Waals surface area contributed by atoms with Crippen LogP contribution in [-0.4, -0.2) is 32.5 Å². The number of carbonyl (C=O) groups excluding carboxylic acids is 2. The van der Waals surface area contributed by atoms with Crippen molar-refractivity contribution in [2.75, 3.05) is 5.32 Å². The van der Waals surface area contributed by atoms with E-state index < -0.39 is 53.6 Å². The first kappa shape index (κ1) is 21.2. The second-order valence-corrected chi connectivity index (χ2v) is 7.81. The molecule has 0 bridgehead atoms. The Morgan fingerprint density at radius 2 is 1.97 bits per heavy atom. The van der Waals surface area contributed by atoms with Gasteiger partial charge in [-0.1, -0.05) is 0 Å². The van der Waals surface area contributed by atoms with Crippen molar-refractivity contribution >= 4 is 17.5 Å². The van der Waals surface area contributed by atoms with Gasteiger partial charge in [-0.15, -0.1) is 0 Å². The summed E-state index contributed by atoms with van der Waals surface area (Å²) in [6, 6.07) is 2.37. The van der Waals surface area contributed by atoms with Crippen molar-refractivity contribution in [2.24, 2.45) is 11.7 Å². The first-order chi connectivity index (χ1) is 14.5. The number of alkyl halides is 5. The summed E-state index contributed by atoms with van der Waals surface area (Å²) in [4.78, 5) is 27.9. The third-order valence-corrected chi connectivity index (χ3v) is 5.53. The minimum atomic E-state index is -4.90. The van der Waals surface area contributed by atoms with Crippen molar-refractivity contribution in [1.29, 1.82) is 0 Å². The summed E-state index contributed by atoms with van der Waals surface area (Å²) < 4.78 is 70.1. The lowest BCUT2D eigenvalue weighted by Gasteiger charge is -2.36. The number of halogens is 5. The Balaban J connectivity index is 1.74. The molecule has 1 unspecified atom stereocenters. The SMILES string of the molecule is NC(=O)c1cc(NC(=O)c2c(C(F)(F)F)c(C3CC3)nn2CC2CCC2(F)F)ccn1. The fourth-order valence-electron chi connectivity index (χ4n) is 3.60. The molecule has 2 saturated carbocycles. The predicted octanol–water partition coefficient (Wildman–Crippen LogP) is 3.57. The fraction of sp³-hybridized carbons (Fsp3) is 0.474. The van der Waals surface area contributed by atoms with Gasteiger partial charge >= 0.3 is 6.18 Å². The maximum Gasteiger partial charge on any atom is 0.420 e. The van der Waals surface area contributed by atoms with E-state index in [0.717, 1.165) is 16.9 Å². The van der Waals surface area contributed by atoms with Crippen LogP contribution in [0.3, 0.4) is 0 Å². The summed E-state index contributed by atoms with van der Waals surface area (Å²) in [5, 5.41) is 6.22. The number of pyridine rings is 1. The Morgan fingerprint density at radius 3 is 2.48 bits per heavy atom. The zero-order valence-corrected chi connectivity index (χ0v) is 16.0. The predicted molar refractivity (Wildman–Crippen MR) is 97.6 cm³/mol. The van der Waals surface area contributed by atoms with Crippen LogP contribution < -0.4 is 11.1 Å². The van der Waals surface area contributed by atoms with Gasteiger partial charge in [-0.05, 0) is 31.4 Å². The van der Waals surface area contributed by atoms with Crippen LogP contribution in [0.5, 0.6) is 0 Å². The molecule has 2 aliphatic rings. The van der Waals surface area contributed by atoms with E-state index in [2.05, 4.69) is 15.4 Å². The summed E-state index contributed by atoms with van der Waals surface area (Å²) in [7, 11) is 0. The number of anilines is 1. The van der Waals surface area contributed by atoms with Gasteiger partial charge in [0.05, 0.1) is 12.2 Å². The number of hydrogen-bond acceptors (Lipinski definition) is 4. The van der Waals surface area contributed by atoms with Crippen molar-refractivity contribution in [3.63, 3.8) is 0 Å². The topological polar surface area (TPSA) is 103 Å². The van der Waals surface area contributed by atoms with E-state index in [9.17, 15) is 31.5 Å². The highest BCUT2D eigenvalue weighted by Gasteiger charge is 2.50. The average Bonchev–Trinajstić information content (AvgIpc) is 3.44. The van der Waals surface area contributed by atoms with Gasteiger partial charge in [0.25, 0.3) is 17.7 Å². The highest BCUT2D eigenvalue weighted by molar-refractivity contribution is 6.05. The molecule has 2 aromatic rings. The number of nitrogens with two attached hydrogens (primary N) is 1. The standard InChI is InChI=1S/C19H18F5N5O2/c20-18(21)5-3-10(18)8-29-15(13(19(22,23)24)14(28-29)9-1-2-9)17(31)27-11-4-6-26-12(7-11)16(25)30/h4,6-7,9-10H,1-3,5,8H2,(H2,25,30)(H,26,27,31). The molecule has 0 radical (unpaired) electrons. The van der Waals surface area contributed by atoms with Gasteiger partial charge in [0, 0.05) is 30.1 Å². The Morgan fingerprint density at radius 1 is 1.26 bits per heavy atom. The van der Waals surface area contributed by atoms with Crippen molar-refractivity contribution in [3.05, 3.63) is 41.0 Å². The average molecular weight is 443 g/mol. The highest BCUT2D eigenvalue weighted by Crippen LogP contribution is 2.48. The molecule has 2 amide bonds. The van der Waals surface area contributed by atoms with Crippen LogP contribution in [0.1, 0.15) is 63.8 Å². The van der Waals surface area contributed by atoms with Crippen LogP contribution in [0.15, 0.2) is 18.3 Å². The Bertz CT molecular complexity index is 1040. The summed E-state index contributed by atoms with van der Waals surface area (Å²) in [5.41, 5.74) is 2.58. The van der Waals surface area contributed by atoms with E-state index in [1.165, 1.54) is 6.07 Å². The van der Waals surface area contributed by atoms with Crippen molar-refractivity contribution in [3.8, 4) is 0 Å². The summed E-state index contributed by atoms with van der Waals surface area (Å²) in [6.45, 7) is -0.506. The van der Waals surface area contributed by atoms with Crippen LogP contribution in [0.4, 0.5) is 27.6 Å². The lowest BCUT2D eigenvalue weighted by molar-refractivity contribution is -0.140. The van der Waals surface area contributed by atoms with E-state index >= 15 is 0 Å². The molecular formula is C19H18F5N5O2. The van der Waals surface area contributed by atoms with Crippen molar-refractivity contribution < 1.29 is 31.5 Å². The van der Waals surface area contributed by atoms with E-state index in [-0.39, 0.29) is 29.9 Å². The van der Waals surface area contributed by atoms with Crippen LogP contribution in [0.2, 0.25) is 0 Å². The smallest absolute Gasteiger partial charge is 0.364 e. The number of amides is 2. The fourth-order valence-corrected chi connectivity index (χ4v) is 3.60. The van der Waals surface area contributed by atoms with Crippen LogP contribution in [0.25, 0.3) is 0 Å². The second-order valence-electron chi connectivity index (χ2n) is 7.81. The molecule has 0 aliphatic heterocycles. The molecule has 2 aromatic heterocycles. The van der Waals surface area contributed by atoms with Crippen LogP contribution >= 0.6 is 0 Å². The number of rotatable bonds is 6. The molecule has 12 heteroatoms. The largest absolute Gasteiger partial charge is 0.420 e. The highest BCUT2D eigenvalue weighted by atomic mass is 19.4. The van der Waals surface area contributed by atoms with Gasteiger partial charge in [-0.3, -0.25) is 19.3 Å². The molecule has 2 heterocycles. The Kier molecular flexibility index (Phi) is 4.97. The number of carbonyl (C=O) groups is 2. The minimum absolute atomic E-state index is 0.0170. The molecule has 31 heavy (non-hydrogen) atoms. The lowest BCUT2D eigenvalue weighted by Crippen LogP contribution is -2.42. The van der Waals surface area contributed by atoms with Gasteiger partial charge in [-0.2, -0.15) is 18.3 Å². The third-order valence-electron chi connectivity index (χ3n) is 5.53. The lowest BCUT2D eigenvalue weighted by atomic mass is 9.81. The quantitative estimate of drug-likeness (QED) is 0.667. The second kappa shape index (κ2) is 7.27. The Hall–Kier alpha value is -3.05. The monoisotopic (exact) mass is 443 g/mol. The summed E-state index contributed by atoms with van der Waals surface area (Å²) in [6.07, 6.45) is -3.01. The summed E-state index contributed by atoms with van der Waals surface area (Å²) >= 11 is 0. The number of nitrogens with zero attached hydrogens (tertiary/aromatic N) is 3. The number of aromatic nitrogens is 3. The molecular weight excluding hydrogens is 425 g/mol. The van der Waals surface area contributed by atoms with E-state index in [1.807, 2.05) is 0 Å². The molecule has 0 aromatic carbocycles. The molecule has 3 N–H and O–H groups in total. The van der Waals surface area contributed by atoms with Gasteiger partial charge in [-0.25, -0.2) is 8.78 Å². The normalized spacial score (nSPS) is 20.2. The van der Waals surface area contributed by atoms with Crippen molar-refractivity contribution in [2.45, 2.75) is 50.2 Å². The molecule has 0 saturated heterocycles. The van der Waals surface area contributed by atoms with E-state index in [0.29, 0.717) is 12.8 Å². The molecule has 1 atom stereocenters. The summed E-state index contributed by atoms with van der Waals surface area (Å²) in [5.74, 6) is -6.74. The number of primary amides is 1. The molecule has 0 spiro atoms. The first-order valence-corrected chi connectivity index (χ1v) is 9.60. The number of hydrogen-bond donors (Lipinski definition) is 2.